The zero-order valence-corrected chi connectivity index (χ0v) is 11.2. The first-order chi connectivity index (χ1) is 9.30. The fraction of sp³-hybridized carbons (Fsp3) is 0.267. The van der Waals surface area contributed by atoms with Crippen LogP contribution in [0.1, 0.15) is 5.56 Å². The van der Waals surface area contributed by atoms with Crippen LogP contribution in [0.15, 0.2) is 36.7 Å². The van der Waals surface area contributed by atoms with Crippen molar-refractivity contribution in [2.24, 2.45) is 5.73 Å². The highest BCUT2D eigenvalue weighted by molar-refractivity contribution is 5.74. The summed E-state index contributed by atoms with van der Waals surface area (Å²) in [4.78, 5) is 4.04. The van der Waals surface area contributed by atoms with Gasteiger partial charge in [-0.15, -0.1) is 0 Å². The highest BCUT2D eigenvalue weighted by atomic mass is 16.5. The molecule has 100 valence electrons. The van der Waals surface area contributed by atoms with Gasteiger partial charge in [-0.25, -0.2) is 0 Å². The Bertz CT molecular complexity index is 541. The summed E-state index contributed by atoms with van der Waals surface area (Å²) in [6.07, 6.45) is 4.33. The van der Waals surface area contributed by atoms with Crippen LogP contribution in [-0.2, 0) is 6.42 Å². The van der Waals surface area contributed by atoms with Crippen molar-refractivity contribution in [2.75, 3.05) is 20.8 Å². The van der Waals surface area contributed by atoms with Gasteiger partial charge in [-0.1, -0.05) is 0 Å². The maximum Gasteiger partial charge on any atom is 0.168 e. The molecule has 0 fully saturated rings. The van der Waals surface area contributed by atoms with Crippen molar-refractivity contribution in [3.8, 4) is 22.6 Å². The second-order valence-corrected chi connectivity index (χ2v) is 4.15. The Morgan fingerprint density at radius 1 is 1.11 bits per heavy atom. The number of aromatic nitrogens is 1. The van der Waals surface area contributed by atoms with E-state index in [0.717, 1.165) is 34.6 Å². The van der Waals surface area contributed by atoms with Gasteiger partial charge in [0.2, 0.25) is 0 Å². The van der Waals surface area contributed by atoms with E-state index in [2.05, 4.69) is 11.1 Å². The van der Waals surface area contributed by atoms with Gasteiger partial charge in [0.25, 0.3) is 0 Å². The minimum atomic E-state index is 0.602. The number of ether oxygens (including phenoxy) is 2. The summed E-state index contributed by atoms with van der Waals surface area (Å²) >= 11 is 0. The van der Waals surface area contributed by atoms with Crippen LogP contribution >= 0.6 is 0 Å². The van der Waals surface area contributed by atoms with Crippen molar-refractivity contribution < 1.29 is 9.47 Å². The first-order valence-corrected chi connectivity index (χ1v) is 6.15. The molecule has 0 bridgehead atoms. The largest absolute Gasteiger partial charge is 0.493 e. The van der Waals surface area contributed by atoms with Gasteiger partial charge in [0, 0.05) is 18.0 Å². The minimum Gasteiger partial charge on any atom is -0.493 e. The molecule has 2 N–H and O–H groups in total. The van der Waals surface area contributed by atoms with Gasteiger partial charge in [-0.2, -0.15) is 0 Å². The Balaban J connectivity index is 2.59. The monoisotopic (exact) mass is 258 g/mol. The Labute approximate surface area is 113 Å². The van der Waals surface area contributed by atoms with E-state index >= 15 is 0 Å². The molecular weight excluding hydrogens is 240 g/mol. The van der Waals surface area contributed by atoms with Gasteiger partial charge in [-0.3, -0.25) is 4.98 Å². The topological polar surface area (TPSA) is 57.4 Å². The van der Waals surface area contributed by atoms with Gasteiger partial charge in [0.1, 0.15) is 0 Å². The number of hydrogen-bond donors (Lipinski definition) is 1. The summed E-state index contributed by atoms with van der Waals surface area (Å²) in [5, 5.41) is 0. The normalized spacial score (nSPS) is 10.3. The van der Waals surface area contributed by atoms with E-state index in [9.17, 15) is 0 Å². The average Bonchev–Trinajstić information content (AvgIpc) is 2.47. The summed E-state index contributed by atoms with van der Waals surface area (Å²) < 4.78 is 10.9. The van der Waals surface area contributed by atoms with E-state index in [1.807, 2.05) is 18.2 Å². The van der Waals surface area contributed by atoms with Gasteiger partial charge in [-0.05, 0) is 48.4 Å². The van der Waals surface area contributed by atoms with E-state index in [-0.39, 0.29) is 0 Å². The number of nitrogens with zero attached hydrogens (tertiary/aromatic N) is 1. The van der Waals surface area contributed by atoms with Crippen molar-refractivity contribution in [3.63, 3.8) is 0 Å². The van der Waals surface area contributed by atoms with Crippen LogP contribution in [0.5, 0.6) is 11.5 Å². The van der Waals surface area contributed by atoms with E-state index in [4.69, 9.17) is 15.2 Å². The number of nitrogens with two attached hydrogens (primary N) is 1. The number of pyridine rings is 1. The van der Waals surface area contributed by atoms with Crippen LogP contribution in [-0.4, -0.2) is 25.7 Å². The molecule has 1 aromatic heterocycles. The summed E-state index contributed by atoms with van der Waals surface area (Å²) in [6.45, 7) is 0.602. The third-order valence-electron chi connectivity index (χ3n) is 2.96. The maximum atomic E-state index is 5.63. The maximum absolute atomic E-state index is 5.63. The molecule has 4 nitrogen and oxygen atoms in total. The van der Waals surface area contributed by atoms with Gasteiger partial charge in [0.15, 0.2) is 11.5 Å². The highest BCUT2D eigenvalue weighted by Crippen LogP contribution is 2.39. The smallest absolute Gasteiger partial charge is 0.168 e. The van der Waals surface area contributed by atoms with E-state index in [0.29, 0.717) is 6.54 Å². The van der Waals surface area contributed by atoms with Crippen LogP contribution in [0.2, 0.25) is 0 Å². The second kappa shape index (κ2) is 6.20. The van der Waals surface area contributed by atoms with Gasteiger partial charge in [0.05, 0.1) is 14.2 Å². The van der Waals surface area contributed by atoms with E-state index in [1.165, 1.54) is 0 Å². The molecule has 1 aromatic carbocycles. The molecule has 1 heterocycles. The van der Waals surface area contributed by atoms with Crippen molar-refractivity contribution in [3.05, 3.63) is 42.2 Å². The summed E-state index contributed by atoms with van der Waals surface area (Å²) in [7, 11) is 3.28. The Hall–Kier alpha value is -2.07. The van der Waals surface area contributed by atoms with Crippen molar-refractivity contribution in [1.29, 1.82) is 0 Å². The lowest BCUT2D eigenvalue weighted by Gasteiger charge is -2.15. The number of hydrogen-bond acceptors (Lipinski definition) is 4. The van der Waals surface area contributed by atoms with Crippen molar-refractivity contribution in [2.45, 2.75) is 6.42 Å². The first kappa shape index (κ1) is 13.4. The Kier molecular flexibility index (Phi) is 4.36. The molecule has 4 heteroatoms. The molecule has 0 saturated carbocycles. The quantitative estimate of drug-likeness (QED) is 0.893. The first-order valence-electron chi connectivity index (χ1n) is 6.15. The molecule has 0 aliphatic rings. The molecule has 0 aliphatic carbocycles. The third kappa shape index (κ3) is 2.85. The van der Waals surface area contributed by atoms with Crippen molar-refractivity contribution in [1.82, 2.24) is 4.98 Å². The van der Waals surface area contributed by atoms with Gasteiger partial charge < -0.3 is 15.2 Å². The highest BCUT2D eigenvalue weighted by Gasteiger charge is 2.13. The predicted molar refractivity (Wildman–Crippen MR) is 75.5 cm³/mol. The van der Waals surface area contributed by atoms with E-state index < -0.39 is 0 Å². The molecule has 0 amide bonds. The Morgan fingerprint density at radius 2 is 1.84 bits per heavy atom. The average molecular weight is 258 g/mol. The molecule has 0 spiro atoms. The van der Waals surface area contributed by atoms with Crippen molar-refractivity contribution >= 4 is 0 Å². The fourth-order valence-electron chi connectivity index (χ4n) is 2.08. The molecule has 0 radical (unpaired) electrons. The Morgan fingerprint density at radius 3 is 2.42 bits per heavy atom. The summed E-state index contributed by atoms with van der Waals surface area (Å²) in [5.74, 6) is 1.45. The molecular formula is C15H18N2O2. The molecule has 0 unspecified atom stereocenters. The second-order valence-electron chi connectivity index (χ2n) is 4.15. The fourth-order valence-corrected chi connectivity index (χ4v) is 2.08. The minimum absolute atomic E-state index is 0.602. The van der Waals surface area contributed by atoms with Crippen LogP contribution < -0.4 is 15.2 Å². The zero-order chi connectivity index (χ0) is 13.7. The SMILES string of the molecule is COc1cc(CCN)cc(-c2ccncc2)c1OC. The third-order valence-corrected chi connectivity index (χ3v) is 2.96. The van der Waals surface area contributed by atoms with Crippen LogP contribution in [0.3, 0.4) is 0 Å². The standard InChI is InChI=1S/C15H18N2O2/c1-18-14-10-11(3-6-16)9-13(15(14)19-2)12-4-7-17-8-5-12/h4-5,7-10H,3,6,16H2,1-2H3. The predicted octanol–water partition coefficient (Wildman–Crippen LogP) is 2.27. The molecule has 0 saturated heterocycles. The van der Waals surface area contributed by atoms with Crippen LogP contribution in [0.4, 0.5) is 0 Å². The summed E-state index contributed by atoms with van der Waals surface area (Å²) in [5.41, 5.74) is 8.80. The van der Waals surface area contributed by atoms with Crippen LogP contribution in [0.25, 0.3) is 11.1 Å². The molecule has 0 atom stereocenters. The summed E-state index contributed by atoms with van der Waals surface area (Å²) in [6, 6.07) is 7.95. The van der Waals surface area contributed by atoms with Crippen LogP contribution in [0, 0.1) is 0 Å². The number of rotatable bonds is 5. The zero-order valence-electron chi connectivity index (χ0n) is 11.2. The lowest BCUT2D eigenvalue weighted by Crippen LogP contribution is -2.04. The molecule has 2 aromatic rings. The number of benzene rings is 1. The van der Waals surface area contributed by atoms with E-state index in [1.54, 1.807) is 26.6 Å². The molecule has 2 rings (SSSR count). The van der Waals surface area contributed by atoms with Gasteiger partial charge >= 0.3 is 0 Å². The lowest BCUT2D eigenvalue weighted by molar-refractivity contribution is 0.355. The molecule has 0 aliphatic heterocycles. The number of methoxy groups -OCH3 is 2. The lowest BCUT2D eigenvalue weighted by atomic mass is 10.0. The molecule has 19 heavy (non-hydrogen) atoms.